The highest BCUT2D eigenvalue weighted by atomic mass is 35.5. The van der Waals surface area contributed by atoms with Crippen LogP contribution in [0.1, 0.15) is 49.4 Å². The van der Waals surface area contributed by atoms with Crippen LogP contribution in [0.25, 0.3) is 0 Å². The van der Waals surface area contributed by atoms with E-state index in [0.29, 0.717) is 34.4 Å². The van der Waals surface area contributed by atoms with Crippen LogP contribution in [0.2, 0.25) is 5.02 Å². The van der Waals surface area contributed by atoms with Crippen molar-refractivity contribution in [3.63, 3.8) is 0 Å². The summed E-state index contributed by atoms with van der Waals surface area (Å²) in [7, 11) is 3.18. The van der Waals surface area contributed by atoms with Crippen molar-refractivity contribution < 1.29 is 19.1 Å². The van der Waals surface area contributed by atoms with Gasteiger partial charge in [-0.15, -0.1) is 0 Å². The van der Waals surface area contributed by atoms with E-state index in [-0.39, 0.29) is 24.0 Å². The number of ether oxygens (including phenoxy) is 2. The van der Waals surface area contributed by atoms with Crippen LogP contribution in [-0.4, -0.2) is 80.7 Å². The van der Waals surface area contributed by atoms with Crippen molar-refractivity contribution >= 4 is 29.1 Å². The molecule has 3 atom stereocenters. The second kappa shape index (κ2) is 11.9. The van der Waals surface area contributed by atoms with Gasteiger partial charge in [0.2, 0.25) is 5.91 Å². The van der Waals surface area contributed by atoms with E-state index < -0.39 is 0 Å². The molecule has 0 bridgehead atoms. The number of likely N-dealkylation sites (tertiary alicyclic amines) is 2. The minimum Gasteiger partial charge on any atom is -0.496 e. The molecule has 33 heavy (non-hydrogen) atoms. The maximum Gasteiger partial charge on any atom is 0.255 e. The van der Waals surface area contributed by atoms with Gasteiger partial charge in [-0.05, 0) is 37.7 Å². The number of benzene rings is 1. The van der Waals surface area contributed by atoms with E-state index in [2.05, 4.69) is 10.2 Å². The third-order valence-corrected chi connectivity index (χ3v) is 7.01. The Bertz CT molecular complexity index is 837. The molecular weight excluding hydrogens is 444 g/mol. The van der Waals surface area contributed by atoms with Crippen LogP contribution in [0.4, 0.5) is 5.69 Å². The molecule has 2 aliphatic heterocycles. The Morgan fingerprint density at radius 3 is 2.70 bits per heavy atom. The Kier molecular flexibility index (Phi) is 9.23. The molecule has 2 saturated heterocycles. The molecule has 9 heteroatoms. The second-order valence-electron chi connectivity index (χ2n) is 9.07. The molecular formula is C24H37ClN4O4. The first-order valence-electron chi connectivity index (χ1n) is 11.8. The van der Waals surface area contributed by atoms with Gasteiger partial charge in [-0.25, -0.2) is 0 Å². The number of rotatable bonds is 8. The lowest BCUT2D eigenvalue weighted by Gasteiger charge is -2.41. The number of nitrogen functional groups attached to an aromatic ring is 1. The molecule has 8 nitrogen and oxygen atoms in total. The van der Waals surface area contributed by atoms with Crippen molar-refractivity contribution in [1.29, 1.82) is 0 Å². The first-order valence-corrected chi connectivity index (χ1v) is 12.2. The van der Waals surface area contributed by atoms with Crippen molar-refractivity contribution in [3.05, 3.63) is 22.7 Å². The summed E-state index contributed by atoms with van der Waals surface area (Å²) in [6.07, 6.45) is 4.38. The largest absolute Gasteiger partial charge is 0.496 e. The molecule has 2 amide bonds. The molecule has 3 N–H and O–H groups in total. The summed E-state index contributed by atoms with van der Waals surface area (Å²) in [6, 6.07) is 2.98. The first-order chi connectivity index (χ1) is 15.9. The van der Waals surface area contributed by atoms with Gasteiger partial charge in [0.25, 0.3) is 5.91 Å². The minimum absolute atomic E-state index is 0.117. The molecule has 0 aromatic heterocycles. The number of hydrogen-bond donors (Lipinski definition) is 2. The molecule has 3 rings (SSSR count). The Labute approximate surface area is 201 Å². The highest BCUT2D eigenvalue weighted by Gasteiger charge is 2.33. The Morgan fingerprint density at radius 1 is 1.21 bits per heavy atom. The van der Waals surface area contributed by atoms with Gasteiger partial charge in [-0.3, -0.25) is 9.59 Å². The molecule has 0 saturated carbocycles. The van der Waals surface area contributed by atoms with Gasteiger partial charge >= 0.3 is 0 Å². The van der Waals surface area contributed by atoms with Gasteiger partial charge < -0.3 is 30.3 Å². The number of carbonyl (C=O) groups excluding carboxylic acids is 2. The van der Waals surface area contributed by atoms with Crippen LogP contribution in [0.15, 0.2) is 12.1 Å². The molecule has 1 aromatic rings. The minimum atomic E-state index is -0.258. The van der Waals surface area contributed by atoms with Crippen molar-refractivity contribution in [2.75, 3.05) is 52.7 Å². The van der Waals surface area contributed by atoms with Gasteiger partial charge in [-0.2, -0.15) is 0 Å². The highest BCUT2D eigenvalue weighted by molar-refractivity contribution is 6.33. The van der Waals surface area contributed by atoms with Gasteiger partial charge in [-0.1, -0.05) is 18.5 Å². The zero-order chi connectivity index (χ0) is 24.0. The van der Waals surface area contributed by atoms with Crippen LogP contribution in [0.3, 0.4) is 0 Å². The smallest absolute Gasteiger partial charge is 0.255 e. The van der Waals surface area contributed by atoms with Crippen molar-refractivity contribution in [3.8, 4) is 5.75 Å². The normalized spacial score (nSPS) is 23.9. The van der Waals surface area contributed by atoms with Crippen LogP contribution in [0.5, 0.6) is 5.75 Å². The quantitative estimate of drug-likeness (QED) is 0.555. The van der Waals surface area contributed by atoms with E-state index in [1.54, 1.807) is 13.2 Å². The van der Waals surface area contributed by atoms with E-state index in [9.17, 15) is 9.59 Å². The maximum absolute atomic E-state index is 13.0. The first kappa shape index (κ1) is 25.6. The summed E-state index contributed by atoms with van der Waals surface area (Å²) in [5, 5.41) is 3.41. The topological polar surface area (TPSA) is 97.1 Å². The summed E-state index contributed by atoms with van der Waals surface area (Å²) >= 11 is 6.13. The molecule has 1 unspecified atom stereocenters. The zero-order valence-corrected chi connectivity index (χ0v) is 20.7. The lowest BCUT2D eigenvalue weighted by Crippen LogP contribution is -2.56. The van der Waals surface area contributed by atoms with Crippen LogP contribution < -0.4 is 15.8 Å². The highest BCUT2D eigenvalue weighted by Crippen LogP contribution is 2.29. The predicted molar refractivity (Wildman–Crippen MR) is 130 cm³/mol. The Hall–Kier alpha value is -2.03. The second-order valence-corrected chi connectivity index (χ2v) is 9.48. The number of methoxy groups -OCH3 is 2. The summed E-state index contributed by atoms with van der Waals surface area (Å²) in [4.78, 5) is 29.7. The summed E-state index contributed by atoms with van der Waals surface area (Å²) < 4.78 is 11.1. The van der Waals surface area contributed by atoms with E-state index >= 15 is 0 Å². The molecule has 2 aliphatic rings. The number of nitrogens with two attached hydrogens (primary N) is 1. The molecule has 2 fully saturated rings. The van der Waals surface area contributed by atoms with Crippen molar-refractivity contribution in [1.82, 2.24) is 15.1 Å². The van der Waals surface area contributed by atoms with Gasteiger partial charge in [0.1, 0.15) is 5.75 Å². The number of halogens is 1. The summed E-state index contributed by atoms with van der Waals surface area (Å²) in [5.74, 6) is 0.882. The van der Waals surface area contributed by atoms with Crippen molar-refractivity contribution in [2.24, 2.45) is 5.92 Å². The molecule has 2 heterocycles. The van der Waals surface area contributed by atoms with E-state index in [4.69, 9.17) is 26.8 Å². The third-order valence-electron chi connectivity index (χ3n) is 6.68. The number of anilines is 1. The predicted octanol–water partition coefficient (Wildman–Crippen LogP) is 2.79. The standard InChI is InChI=1S/C24H37ClN4O4/c1-4-6-23(30)29-9-5-7-16(14-29)13-28-10-8-20(22(15-28)33-3)27-24(31)17-11-18(25)19(26)12-21(17)32-2/h11-12,16,20,22H,4-10,13-15,26H2,1-3H3,(H,27,31)/t16?,20-,22+/m0/s1. The molecule has 0 aliphatic carbocycles. The molecule has 1 aromatic carbocycles. The van der Waals surface area contributed by atoms with Crippen LogP contribution >= 0.6 is 11.6 Å². The monoisotopic (exact) mass is 480 g/mol. The average molecular weight is 481 g/mol. The number of carbonyl (C=O) groups is 2. The fourth-order valence-corrected chi connectivity index (χ4v) is 5.05. The summed E-state index contributed by atoms with van der Waals surface area (Å²) in [5.41, 5.74) is 6.56. The molecule has 0 spiro atoms. The summed E-state index contributed by atoms with van der Waals surface area (Å²) in [6.45, 7) is 6.31. The van der Waals surface area contributed by atoms with E-state index in [1.165, 1.54) is 13.2 Å². The number of nitrogens with zero attached hydrogens (tertiary/aromatic N) is 2. The molecule has 0 radical (unpaired) electrons. The number of piperidine rings is 2. The lowest BCUT2D eigenvalue weighted by molar-refractivity contribution is -0.133. The van der Waals surface area contributed by atoms with E-state index in [0.717, 1.165) is 58.4 Å². The number of hydrogen-bond acceptors (Lipinski definition) is 6. The van der Waals surface area contributed by atoms with Gasteiger partial charge in [0.15, 0.2) is 0 Å². The van der Waals surface area contributed by atoms with Crippen molar-refractivity contribution in [2.45, 2.75) is 51.2 Å². The fraction of sp³-hybridized carbons (Fsp3) is 0.667. The Balaban J connectivity index is 1.57. The zero-order valence-electron chi connectivity index (χ0n) is 19.9. The SMILES string of the molecule is CCCC(=O)N1CCCC(CN2CC[C@H](NC(=O)c3cc(Cl)c(N)cc3OC)[C@H](OC)C2)C1. The number of nitrogens with one attached hydrogen (secondary N) is 1. The van der Waals surface area contributed by atoms with Crippen LogP contribution in [0, 0.1) is 5.92 Å². The molecule has 184 valence electrons. The van der Waals surface area contributed by atoms with Gasteiger partial charge in [0.05, 0.1) is 35.5 Å². The van der Waals surface area contributed by atoms with Gasteiger partial charge in [0, 0.05) is 52.3 Å². The lowest BCUT2D eigenvalue weighted by atomic mass is 9.94. The average Bonchev–Trinajstić information content (AvgIpc) is 2.81. The van der Waals surface area contributed by atoms with E-state index in [1.807, 2.05) is 11.8 Å². The van der Waals surface area contributed by atoms with Crippen LogP contribution in [-0.2, 0) is 9.53 Å². The maximum atomic E-state index is 13.0. The Morgan fingerprint density at radius 2 is 2.00 bits per heavy atom. The number of amides is 2. The fourth-order valence-electron chi connectivity index (χ4n) is 4.89. The third kappa shape index (κ3) is 6.52.